The number of aromatic nitrogens is 3. The molecule has 0 bridgehead atoms. The Kier molecular flexibility index (Phi) is 4.25. The molecule has 29 heavy (non-hydrogen) atoms. The lowest BCUT2D eigenvalue weighted by atomic mass is 10.1. The van der Waals surface area contributed by atoms with E-state index >= 15 is 0 Å². The lowest BCUT2D eigenvalue weighted by Gasteiger charge is -2.05. The Balaban J connectivity index is 1.26. The topological polar surface area (TPSA) is 92.9 Å². The van der Waals surface area contributed by atoms with Gasteiger partial charge in [0.2, 0.25) is 5.91 Å². The number of oxazole rings is 1. The molecule has 144 valence electrons. The summed E-state index contributed by atoms with van der Waals surface area (Å²) >= 11 is 1.36. The van der Waals surface area contributed by atoms with E-state index in [0.29, 0.717) is 34.9 Å². The molecule has 0 spiro atoms. The second-order valence-electron chi connectivity index (χ2n) is 6.63. The van der Waals surface area contributed by atoms with Crippen molar-refractivity contribution in [3.63, 3.8) is 0 Å². The van der Waals surface area contributed by atoms with Crippen LogP contribution in [-0.4, -0.2) is 20.4 Å². The van der Waals surface area contributed by atoms with Crippen molar-refractivity contribution < 1.29 is 9.21 Å². The van der Waals surface area contributed by atoms with Crippen LogP contribution in [0, 0.1) is 0 Å². The van der Waals surface area contributed by atoms with Gasteiger partial charge in [-0.25, -0.2) is 9.78 Å². The first kappa shape index (κ1) is 17.4. The van der Waals surface area contributed by atoms with Crippen molar-refractivity contribution in [3.8, 4) is 11.3 Å². The number of rotatable bonds is 5. The molecule has 0 aliphatic carbocycles. The Hall–Kier alpha value is -3.65. The highest BCUT2D eigenvalue weighted by Crippen LogP contribution is 2.27. The molecule has 0 aliphatic heterocycles. The average Bonchev–Trinajstić information content (AvgIpc) is 3.43. The van der Waals surface area contributed by atoms with Crippen LogP contribution >= 0.6 is 11.3 Å². The van der Waals surface area contributed by atoms with Gasteiger partial charge in [-0.2, -0.15) is 0 Å². The minimum atomic E-state index is -0.487. The van der Waals surface area contributed by atoms with Crippen molar-refractivity contribution in [2.24, 2.45) is 0 Å². The van der Waals surface area contributed by atoms with Gasteiger partial charge in [0.1, 0.15) is 0 Å². The van der Waals surface area contributed by atoms with Gasteiger partial charge in [0.15, 0.2) is 10.7 Å². The van der Waals surface area contributed by atoms with Crippen LogP contribution in [0.25, 0.3) is 33.3 Å². The number of anilines is 1. The molecule has 0 radical (unpaired) electrons. The number of aromatic amines is 1. The summed E-state index contributed by atoms with van der Waals surface area (Å²) in [6.07, 6.45) is 2.35. The summed E-state index contributed by atoms with van der Waals surface area (Å²) in [5, 5.41) is 6.42. The van der Waals surface area contributed by atoms with Crippen molar-refractivity contribution in [3.05, 3.63) is 70.7 Å². The van der Waals surface area contributed by atoms with Crippen LogP contribution in [0.1, 0.15) is 6.42 Å². The van der Waals surface area contributed by atoms with Gasteiger partial charge in [-0.3, -0.25) is 9.78 Å². The molecule has 5 rings (SSSR count). The largest absolute Gasteiger partial charge is 0.417 e. The number of nitrogens with zero attached hydrogens (tertiary/aromatic N) is 2. The number of thiazole rings is 1. The Bertz CT molecular complexity index is 1390. The van der Waals surface area contributed by atoms with E-state index in [-0.39, 0.29) is 5.91 Å². The highest BCUT2D eigenvalue weighted by molar-refractivity contribution is 7.14. The van der Waals surface area contributed by atoms with E-state index in [2.05, 4.69) is 25.9 Å². The molecule has 0 fully saturated rings. The van der Waals surface area contributed by atoms with E-state index in [1.165, 1.54) is 11.3 Å². The number of carbonyl (C=O) groups excluding carboxylic acids is 1. The number of H-pyrrole nitrogens is 1. The number of hydrogen-bond donors (Lipinski definition) is 2. The molecule has 0 saturated carbocycles. The molecular weight excluding hydrogens is 388 g/mol. The minimum absolute atomic E-state index is 0.0873. The third-order valence-corrected chi connectivity index (χ3v) is 5.49. The Morgan fingerprint density at radius 1 is 1.21 bits per heavy atom. The van der Waals surface area contributed by atoms with E-state index in [1.54, 1.807) is 12.1 Å². The maximum Gasteiger partial charge on any atom is 0.417 e. The normalized spacial score (nSPS) is 11.3. The van der Waals surface area contributed by atoms with Crippen LogP contribution in [0.3, 0.4) is 0 Å². The third-order valence-electron chi connectivity index (χ3n) is 4.73. The van der Waals surface area contributed by atoms with Crippen molar-refractivity contribution in [2.75, 3.05) is 5.32 Å². The van der Waals surface area contributed by atoms with Gasteiger partial charge in [-0.05, 0) is 29.7 Å². The first-order valence-corrected chi connectivity index (χ1v) is 9.96. The molecule has 0 saturated heterocycles. The van der Waals surface area contributed by atoms with Crippen LogP contribution < -0.4 is 11.1 Å². The lowest BCUT2D eigenvalue weighted by molar-refractivity contribution is -0.116. The summed E-state index contributed by atoms with van der Waals surface area (Å²) in [6, 6.07) is 15.5. The van der Waals surface area contributed by atoms with E-state index < -0.39 is 5.76 Å². The van der Waals surface area contributed by atoms with Gasteiger partial charge in [0, 0.05) is 35.6 Å². The smallest absolute Gasteiger partial charge is 0.408 e. The summed E-state index contributed by atoms with van der Waals surface area (Å²) in [6.45, 7) is 0.598. The van der Waals surface area contributed by atoms with Crippen molar-refractivity contribution in [2.45, 2.75) is 13.0 Å². The molecule has 2 aromatic carbocycles. The molecule has 3 aromatic heterocycles. The number of amides is 1. The molecule has 0 unspecified atom stereocenters. The van der Waals surface area contributed by atoms with Crippen LogP contribution in [0.2, 0.25) is 0 Å². The Morgan fingerprint density at radius 3 is 3.03 bits per heavy atom. The number of benzene rings is 2. The zero-order valence-corrected chi connectivity index (χ0v) is 16.0. The fourth-order valence-electron chi connectivity index (χ4n) is 3.31. The van der Waals surface area contributed by atoms with Gasteiger partial charge in [0.05, 0.1) is 11.2 Å². The first-order valence-electron chi connectivity index (χ1n) is 9.08. The van der Waals surface area contributed by atoms with Crippen molar-refractivity contribution in [1.29, 1.82) is 0 Å². The molecule has 7 nitrogen and oxygen atoms in total. The predicted molar refractivity (Wildman–Crippen MR) is 113 cm³/mol. The maximum atomic E-state index is 12.4. The zero-order valence-electron chi connectivity index (χ0n) is 15.2. The number of fused-ring (bicyclic) bond motifs is 2. The van der Waals surface area contributed by atoms with Crippen LogP contribution in [0.15, 0.2) is 69.3 Å². The minimum Gasteiger partial charge on any atom is -0.408 e. The molecule has 1 amide bonds. The molecule has 8 heteroatoms. The van der Waals surface area contributed by atoms with E-state index in [0.717, 1.165) is 16.5 Å². The Morgan fingerprint density at radius 2 is 2.10 bits per heavy atom. The third kappa shape index (κ3) is 3.45. The molecular formula is C21H16N4O3S. The van der Waals surface area contributed by atoms with Crippen molar-refractivity contribution >= 4 is 44.4 Å². The van der Waals surface area contributed by atoms with Gasteiger partial charge in [-0.1, -0.05) is 24.3 Å². The number of nitrogens with one attached hydrogen (secondary N) is 2. The van der Waals surface area contributed by atoms with Crippen LogP contribution in [0.5, 0.6) is 0 Å². The Labute approximate surface area is 168 Å². The van der Waals surface area contributed by atoms with Gasteiger partial charge < -0.3 is 14.3 Å². The van der Waals surface area contributed by atoms with E-state index in [4.69, 9.17) is 4.42 Å². The number of hydrogen-bond acceptors (Lipinski definition) is 5. The maximum absolute atomic E-state index is 12.4. The number of aryl methyl sites for hydroxylation is 1. The standard InChI is InChI=1S/C21H16N4O3S/c26-19(8-10-25-9-7-13-3-1-2-4-17(13)25)24-20-22-16(12-29-20)14-5-6-15-18(11-14)28-21(27)23-15/h1-7,9,11-12H,8,10H2,(H,23,27)(H,22,24,26). The molecule has 5 aromatic rings. The van der Waals surface area contributed by atoms with E-state index in [1.807, 2.05) is 41.9 Å². The predicted octanol–water partition coefficient (Wildman–Crippen LogP) is 4.23. The fourth-order valence-corrected chi connectivity index (χ4v) is 4.04. The molecule has 3 heterocycles. The summed E-state index contributed by atoms with van der Waals surface area (Å²) < 4.78 is 7.16. The van der Waals surface area contributed by atoms with Gasteiger partial charge in [0.25, 0.3) is 0 Å². The molecule has 0 aliphatic rings. The zero-order chi connectivity index (χ0) is 19.8. The summed E-state index contributed by atoms with van der Waals surface area (Å²) in [5.74, 6) is -0.574. The number of para-hydroxylation sites is 1. The first-order chi connectivity index (χ1) is 14.2. The van der Waals surface area contributed by atoms with Gasteiger partial charge in [-0.15, -0.1) is 11.3 Å². The highest BCUT2D eigenvalue weighted by Gasteiger charge is 2.11. The SMILES string of the molecule is O=C(CCn1ccc2ccccc21)Nc1nc(-c2ccc3[nH]c(=O)oc3c2)cs1. The van der Waals surface area contributed by atoms with Crippen LogP contribution in [-0.2, 0) is 11.3 Å². The highest BCUT2D eigenvalue weighted by atomic mass is 32.1. The summed E-state index contributed by atoms with van der Waals surface area (Å²) in [4.78, 5) is 30.7. The van der Waals surface area contributed by atoms with Crippen molar-refractivity contribution in [1.82, 2.24) is 14.5 Å². The second-order valence-corrected chi connectivity index (χ2v) is 7.49. The lowest BCUT2D eigenvalue weighted by Crippen LogP contribution is -2.14. The fraction of sp³-hybridized carbons (Fsp3) is 0.0952. The summed E-state index contributed by atoms with van der Waals surface area (Å²) in [7, 11) is 0. The monoisotopic (exact) mass is 404 g/mol. The quantitative estimate of drug-likeness (QED) is 0.458. The summed E-state index contributed by atoms with van der Waals surface area (Å²) in [5.41, 5.74) is 3.76. The average molecular weight is 404 g/mol. The molecule has 0 atom stereocenters. The van der Waals surface area contributed by atoms with E-state index in [9.17, 15) is 9.59 Å². The molecule has 2 N–H and O–H groups in total. The van der Waals surface area contributed by atoms with Crippen LogP contribution in [0.4, 0.5) is 5.13 Å². The second kappa shape index (κ2) is 7.06. The number of carbonyl (C=O) groups is 1. The van der Waals surface area contributed by atoms with Gasteiger partial charge >= 0.3 is 5.76 Å².